The van der Waals surface area contributed by atoms with E-state index in [1.807, 2.05) is 42.5 Å². The highest BCUT2D eigenvalue weighted by Crippen LogP contribution is 2.43. The number of hydrogen-bond donors (Lipinski definition) is 0. The third kappa shape index (κ3) is 3.25. The number of piperazine rings is 1. The maximum atomic E-state index is 13.8. The molecule has 5 nitrogen and oxygen atoms in total. The number of Topliss-reactive ketones (excluding diaryl/α,β-unsaturated/α-hetero) is 2. The van der Waals surface area contributed by atoms with Crippen LogP contribution in [0.25, 0.3) is 0 Å². The Morgan fingerprint density at radius 1 is 0.750 bits per heavy atom. The minimum atomic E-state index is -1.31. The molecule has 0 bridgehead atoms. The first-order valence-corrected chi connectivity index (χ1v) is 11.0. The Morgan fingerprint density at radius 2 is 1.31 bits per heavy atom. The van der Waals surface area contributed by atoms with E-state index in [1.54, 1.807) is 19.2 Å². The predicted molar refractivity (Wildman–Crippen MR) is 123 cm³/mol. The third-order valence-electron chi connectivity index (χ3n) is 6.68. The molecule has 1 saturated heterocycles. The van der Waals surface area contributed by atoms with Crippen molar-refractivity contribution in [1.29, 1.82) is 0 Å². The lowest BCUT2D eigenvalue weighted by Crippen LogP contribution is -2.60. The second kappa shape index (κ2) is 8.34. The highest BCUT2D eigenvalue weighted by Gasteiger charge is 2.58. The van der Waals surface area contributed by atoms with Crippen LogP contribution in [-0.2, 0) is 12.1 Å². The first-order chi connectivity index (χ1) is 15.6. The third-order valence-corrected chi connectivity index (χ3v) is 6.68. The molecule has 32 heavy (non-hydrogen) atoms. The molecule has 0 N–H and O–H groups in total. The summed E-state index contributed by atoms with van der Waals surface area (Å²) in [5, 5.41) is 0. The lowest BCUT2D eigenvalue weighted by molar-refractivity contribution is 0.0279. The number of ether oxygens (including phenoxy) is 1. The molecule has 0 amide bonds. The fraction of sp³-hybridized carbons (Fsp3) is 0.259. The van der Waals surface area contributed by atoms with Crippen molar-refractivity contribution in [2.45, 2.75) is 12.1 Å². The summed E-state index contributed by atoms with van der Waals surface area (Å²) in [7, 11) is 1.61. The van der Waals surface area contributed by atoms with E-state index < -0.39 is 5.54 Å². The number of nitrogens with zero attached hydrogens (tertiary/aromatic N) is 2. The van der Waals surface area contributed by atoms with Crippen molar-refractivity contribution in [2.75, 3.05) is 33.3 Å². The molecule has 5 rings (SSSR count). The van der Waals surface area contributed by atoms with E-state index >= 15 is 0 Å². The van der Waals surface area contributed by atoms with Crippen LogP contribution in [0.5, 0.6) is 5.75 Å². The van der Waals surface area contributed by atoms with E-state index in [2.05, 4.69) is 34.1 Å². The van der Waals surface area contributed by atoms with Crippen molar-refractivity contribution in [1.82, 2.24) is 9.80 Å². The molecule has 162 valence electrons. The average Bonchev–Trinajstić information content (AvgIpc) is 3.08. The number of ketones is 2. The summed E-state index contributed by atoms with van der Waals surface area (Å²) in [4.78, 5) is 32.2. The molecule has 1 aliphatic carbocycles. The zero-order chi connectivity index (χ0) is 22.1. The molecule has 1 heterocycles. The molecule has 3 aromatic carbocycles. The fourth-order valence-corrected chi connectivity index (χ4v) is 5.02. The number of carbonyl (C=O) groups is 2. The van der Waals surface area contributed by atoms with Crippen LogP contribution in [0.1, 0.15) is 31.8 Å². The molecule has 0 aromatic heterocycles. The second-order valence-corrected chi connectivity index (χ2v) is 8.39. The Morgan fingerprint density at radius 3 is 1.88 bits per heavy atom. The molecule has 0 radical (unpaired) electrons. The molecule has 3 aromatic rings. The average molecular weight is 427 g/mol. The lowest BCUT2D eigenvalue weighted by Gasteiger charge is -2.44. The van der Waals surface area contributed by atoms with Crippen molar-refractivity contribution in [3.8, 4) is 5.75 Å². The Kier molecular flexibility index (Phi) is 5.37. The van der Waals surface area contributed by atoms with E-state index in [1.165, 1.54) is 5.56 Å². The maximum Gasteiger partial charge on any atom is 0.196 e. The van der Waals surface area contributed by atoms with Gasteiger partial charge >= 0.3 is 0 Å². The first kappa shape index (κ1) is 20.6. The zero-order valence-corrected chi connectivity index (χ0v) is 18.2. The highest BCUT2D eigenvalue weighted by molar-refractivity contribution is 6.32. The molecular formula is C27H26N2O3. The molecule has 5 heteroatoms. The fourth-order valence-electron chi connectivity index (χ4n) is 5.02. The van der Waals surface area contributed by atoms with Crippen LogP contribution < -0.4 is 4.74 Å². The SMILES string of the molecule is COc1ccc(C2(N3CCN(Cc4ccccc4)CC3)C(=O)c3ccccc3C2=O)cc1. The lowest BCUT2D eigenvalue weighted by atomic mass is 9.82. The van der Waals surface area contributed by atoms with Gasteiger partial charge in [-0.3, -0.25) is 19.4 Å². The van der Waals surface area contributed by atoms with Gasteiger partial charge in [-0.25, -0.2) is 0 Å². The van der Waals surface area contributed by atoms with Crippen LogP contribution >= 0.6 is 0 Å². The summed E-state index contributed by atoms with van der Waals surface area (Å²) >= 11 is 0. The van der Waals surface area contributed by atoms with Gasteiger partial charge in [-0.2, -0.15) is 0 Å². The highest BCUT2D eigenvalue weighted by atomic mass is 16.5. The van der Waals surface area contributed by atoms with Crippen LogP contribution in [-0.4, -0.2) is 54.7 Å². The summed E-state index contributed by atoms with van der Waals surface area (Å²) in [6.45, 7) is 3.74. The Labute approximate surface area is 188 Å². The summed E-state index contributed by atoms with van der Waals surface area (Å²) in [5.74, 6) is 0.451. The van der Waals surface area contributed by atoms with E-state index in [0.717, 1.165) is 19.6 Å². The van der Waals surface area contributed by atoms with Gasteiger partial charge < -0.3 is 4.74 Å². The van der Waals surface area contributed by atoms with Crippen molar-refractivity contribution in [2.24, 2.45) is 0 Å². The second-order valence-electron chi connectivity index (χ2n) is 8.39. The molecule has 2 aliphatic rings. The molecule has 0 atom stereocenters. The minimum Gasteiger partial charge on any atom is -0.497 e. The summed E-state index contributed by atoms with van der Waals surface area (Å²) < 4.78 is 5.31. The van der Waals surface area contributed by atoms with E-state index in [-0.39, 0.29) is 11.6 Å². The number of fused-ring (bicyclic) bond motifs is 1. The summed E-state index contributed by atoms with van der Waals surface area (Å²) in [6, 6.07) is 24.9. The molecule has 0 saturated carbocycles. The standard InChI is InChI=1S/C27H26N2O3/c1-32-22-13-11-21(12-14-22)27(25(30)23-9-5-6-10-24(23)26(27)31)29-17-15-28(16-18-29)19-20-7-3-2-4-8-20/h2-14H,15-19H2,1H3. The largest absolute Gasteiger partial charge is 0.497 e. The van der Waals surface area contributed by atoms with Gasteiger partial charge in [0.05, 0.1) is 7.11 Å². The number of hydrogen-bond acceptors (Lipinski definition) is 5. The van der Waals surface area contributed by atoms with E-state index in [9.17, 15) is 9.59 Å². The van der Waals surface area contributed by atoms with Crippen molar-refractivity contribution >= 4 is 11.6 Å². The Bertz CT molecular complexity index is 1100. The Balaban J connectivity index is 1.48. The normalized spacial score (nSPS) is 18.5. The van der Waals surface area contributed by atoms with Crippen LogP contribution in [0.2, 0.25) is 0 Å². The monoisotopic (exact) mass is 426 g/mol. The van der Waals surface area contributed by atoms with Gasteiger partial charge in [-0.05, 0) is 23.3 Å². The van der Waals surface area contributed by atoms with Crippen LogP contribution in [0.3, 0.4) is 0 Å². The molecule has 0 spiro atoms. The number of benzene rings is 3. The van der Waals surface area contributed by atoms with E-state index in [0.29, 0.717) is 35.5 Å². The van der Waals surface area contributed by atoms with Gasteiger partial charge in [-0.15, -0.1) is 0 Å². The van der Waals surface area contributed by atoms with Gasteiger partial charge in [0.2, 0.25) is 0 Å². The number of methoxy groups -OCH3 is 1. The zero-order valence-electron chi connectivity index (χ0n) is 18.2. The smallest absolute Gasteiger partial charge is 0.196 e. The van der Waals surface area contributed by atoms with Gasteiger partial charge in [-0.1, -0.05) is 66.7 Å². The number of rotatable bonds is 5. The predicted octanol–water partition coefficient (Wildman–Crippen LogP) is 3.79. The quantitative estimate of drug-likeness (QED) is 0.581. The first-order valence-electron chi connectivity index (χ1n) is 11.0. The van der Waals surface area contributed by atoms with Gasteiger partial charge in [0.25, 0.3) is 0 Å². The van der Waals surface area contributed by atoms with Gasteiger partial charge in [0.1, 0.15) is 5.75 Å². The van der Waals surface area contributed by atoms with E-state index in [4.69, 9.17) is 4.74 Å². The maximum absolute atomic E-state index is 13.8. The summed E-state index contributed by atoms with van der Waals surface area (Å²) in [5.41, 5.74) is 1.70. The minimum absolute atomic E-state index is 0.125. The van der Waals surface area contributed by atoms with Crippen molar-refractivity contribution in [3.63, 3.8) is 0 Å². The van der Waals surface area contributed by atoms with Crippen LogP contribution in [0.15, 0.2) is 78.9 Å². The van der Waals surface area contributed by atoms with Gasteiger partial charge in [0.15, 0.2) is 17.1 Å². The number of carbonyl (C=O) groups excluding carboxylic acids is 2. The van der Waals surface area contributed by atoms with Gasteiger partial charge in [0, 0.05) is 43.9 Å². The summed E-state index contributed by atoms with van der Waals surface area (Å²) in [6.07, 6.45) is 0. The molecular weight excluding hydrogens is 400 g/mol. The van der Waals surface area contributed by atoms with Crippen molar-refractivity contribution < 1.29 is 14.3 Å². The molecule has 1 aliphatic heterocycles. The molecule has 1 fully saturated rings. The van der Waals surface area contributed by atoms with Crippen LogP contribution in [0, 0.1) is 0 Å². The molecule has 0 unspecified atom stereocenters. The van der Waals surface area contributed by atoms with Crippen LogP contribution in [0.4, 0.5) is 0 Å². The topological polar surface area (TPSA) is 49.9 Å². The van der Waals surface area contributed by atoms with Crippen molar-refractivity contribution in [3.05, 3.63) is 101 Å². The Hall–Kier alpha value is -3.28.